The van der Waals surface area contributed by atoms with Crippen LogP contribution in [-0.4, -0.2) is 40.6 Å². The highest BCUT2D eigenvalue weighted by Gasteiger charge is 2.33. The number of anilines is 1. The summed E-state index contributed by atoms with van der Waals surface area (Å²) in [5.41, 5.74) is 1.85. The van der Waals surface area contributed by atoms with Gasteiger partial charge < -0.3 is 9.84 Å². The number of likely N-dealkylation sites (tertiary alicyclic amines) is 1. The Bertz CT molecular complexity index is 922. The molecule has 6 nitrogen and oxygen atoms in total. The Labute approximate surface area is 162 Å². The normalized spacial score (nSPS) is 14.7. The van der Waals surface area contributed by atoms with Crippen molar-refractivity contribution in [3.8, 4) is 0 Å². The first-order valence-electron chi connectivity index (χ1n) is 8.80. The summed E-state index contributed by atoms with van der Waals surface area (Å²) in [6, 6.07) is 17.2. The first kappa shape index (κ1) is 17.7. The number of hydrogen-bond acceptors (Lipinski definition) is 5. The van der Waals surface area contributed by atoms with Gasteiger partial charge in [0, 0.05) is 30.2 Å². The van der Waals surface area contributed by atoms with Gasteiger partial charge in [-0.05, 0) is 23.8 Å². The number of nitrogens with one attached hydrogen (secondary N) is 1. The number of rotatable bonds is 6. The van der Waals surface area contributed by atoms with Gasteiger partial charge in [0.05, 0.1) is 12.5 Å². The Morgan fingerprint density at radius 3 is 2.78 bits per heavy atom. The van der Waals surface area contributed by atoms with Crippen LogP contribution in [0.3, 0.4) is 0 Å². The SMILES string of the molecule is O=C(CN1CC(c2nc(Cc3ccccc3)no2)C1)Nc1cccc(Cl)c1. The molecule has 2 heterocycles. The molecule has 0 unspecified atom stereocenters. The van der Waals surface area contributed by atoms with E-state index in [-0.39, 0.29) is 11.8 Å². The molecular formula is C20H19ClN4O2. The van der Waals surface area contributed by atoms with E-state index in [1.165, 1.54) is 0 Å². The number of halogens is 1. The van der Waals surface area contributed by atoms with Crippen LogP contribution in [0.15, 0.2) is 59.1 Å². The third-order valence-corrected chi connectivity index (χ3v) is 4.71. The summed E-state index contributed by atoms with van der Waals surface area (Å²) in [4.78, 5) is 18.7. The van der Waals surface area contributed by atoms with Crippen molar-refractivity contribution in [2.45, 2.75) is 12.3 Å². The molecule has 1 N–H and O–H groups in total. The van der Waals surface area contributed by atoms with Crippen molar-refractivity contribution in [3.63, 3.8) is 0 Å². The summed E-state index contributed by atoms with van der Waals surface area (Å²) < 4.78 is 5.40. The van der Waals surface area contributed by atoms with Crippen molar-refractivity contribution in [3.05, 3.63) is 76.9 Å². The minimum atomic E-state index is -0.0639. The van der Waals surface area contributed by atoms with Crippen molar-refractivity contribution >= 4 is 23.2 Å². The van der Waals surface area contributed by atoms with Crippen LogP contribution in [0.25, 0.3) is 0 Å². The van der Waals surface area contributed by atoms with Gasteiger partial charge in [-0.25, -0.2) is 0 Å². The third-order valence-electron chi connectivity index (χ3n) is 4.47. The number of aromatic nitrogens is 2. The number of nitrogens with zero attached hydrogens (tertiary/aromatic N) is 3. The maximum Gasteiger partial charge on any atom is 0.238 e. The highest BCUT2D eigenvalue weighted by atomic mass is 35.5. The van der Waals surface area contributed by atoms with Crippen molar-refractivity contribution in [2.24, 2.45) is 0 Å². The lowest BCUT2D eigenvalue weighted by Gasteiger charge is -2.36. The molecule has 0 saturated carbocycles. The van der Waals surface area contributed by atoms with Crippen LogP contribution >= 0.6 is 11.6 Å². The van der Waals surface area contributed by atoms with Gasteiger partial charge in [0.1, 0.15) is 0 Å². The topological polar surface area (TPSA) is 71.3 Å². The summed E-state index contributed by atoms with van der Waals surface area (Å²) >= 11 is 5.93. The molecule has 1 fully saturated rings. The lowest BCUT2D eigenvalue weighted by atomic mass is 10.0. The second-order valence-corrected chi connectivity index (χ2v) is 7.10. The largest absolute Gasteiger partial charge is 0.339 e. The standard InChI is InChI=1S/C20H19ClN4O2/c21-16-7-4-8-17(10-16)22-19(26)13-25-11-15(12-25)20-23-18(24-27-20)9-14-5-2-1-3-6-14/h1-8,10,15H,9,11-13H2,(H,22,26). The van der Waals surface area contributed by atoms with Gasteiger partial charge in [-0.2, -0.15) is 4.98 Å². The van der Waals surface area contributed by atoms with Crippen LogP contribution in [0, 0.1) is 0 Å². The second-order valence-electron chi connectivity index (χ2n) is 6.66. The first-order chi connectivity index (χ1) is 13.2. The molecule has 1 saturated heterocycles. The van der Waals surface area contributed by atoms with Crippen molar-refractivity contribution < 1.29 is 9.32 Å². The van der Waals surface area contributed by atoms with E-state index in [0.29, 0.717) is 35.4 Å². The summed E-state index contributed by atoms with van der Waals surface area (Å²) in [6.07, 6.45) is 0.656. The van der Waals surface area contributed by atoms with E-state index in [1.807, 2.05) is 41.3 Å². The molecule has 1 amide bonds. The summed E-state index contributed by atoms with van der Waals surface area (Å²) in [5.74, 6) is 1.45. The van der Waals surface area contributed by atoms with Gasteiger partial charge >= 0.3 is 0 Å². The minimum absolute atomic E-state index is 0.0639. The van der Waals surface area contributed by atoms with Crippen LogP contribution in [0.1, 0.15) is 23.2 Å². The van der Waals surface area contributed by atoms with Gasteiger partial charge in [-0.1, -0.05) is 53.2 Å². The molecule has 0 spiro atoms. The predicted molar refractivity (Wildman–Crippen MR) is 103 cm³/mol. The lowest BCUT2D eigenvalue weighted by molar-refractivity contribution is -0.118. The molecule has 27 heavy (non-hydrogen) atoms. The number of carbonyl (C=O) groups is 1. The molecular weight excluding hydrogens is 364 g/mol. The zero-order valence-corrected chi connectivity index (χ0v) is 15.4. The maximum atomic E-state index is 12.1. The number of amides is 1. The van der Waals surface area contributed by atoms with E-state index in [0.717, 1.165) is 18.7 Å². The molecule has 7 heteroatoms. The molecule has 0 aliphatic carbocycles. The average Bonchev–Trinajstić information content (AvgIpc) is 3.06. The quantitative estimate of drug-likeness (QED) is 0.707. The Hall–Kier alpha value is -2.70. The van der Waals surface area contributed by atoms with E-state index in [4.69, 9.17) is 16.1 Å². The minimum Gasteiger partial charge on any atom is -0.339 e. The number of hydrogen-bond donors (Lipinski definition) is 1. The molecule has 3 aromatic rings. The van der Waals surface area contributed by atoms with E-state index in [1.54, 1.807) is 18.2 Å². The van der Waals surface area contributed by atoms with Crippen molar-refractivity contribution in [2.75, 3.05) is 25.0 Å². The Balaban J connectivity index is 1.25. The van der Waals surface area contributed by atoms with Gasteiger partial charge in [0.25, 0.3) is 0 Å². The van der Waals surface area contributed by atoms with Crippen LogP contribution in [0.2, 0.25) is 5.02 Å². The Morgan fingerprint density at radius 2 is 2.00 bits per heavy atom. The van der Waals surface area contributed by atoms with E-state index < -0.39 is 0 Å². The van der Waals surface area contributed by atoms with Gasteiger partial charge in [0.2, 0.25) is 11.8 Å². The number of carbonyl (C=O) groups excluding carboxylic acids is 1. The molecule has 4 rings (SSSR count). The molecule has 0 atom stereocenters. The molecule has 138 valence electrons. The van der Waals surface area contributed by atoms with Crippen LogP contribution in [-0.2, 0) is 11.2 Å². The summed E-state index contributed by atoms with van der Waals surface area (Å²) in [6.45, 7) is 1.79. The van der Waals surface area contributed by atoms with Crippen LogP contribution in [0.4, 0.5) is 5.69 Å². The monoisotopic (exact) mass is 382 g/mol. The molecule has 0 radical (unpaired) electrons. The molecule has 1 aliphatic heterocycles. The summed E-state index contributed by atoms with van der Waals surface area (Å²) in [7, 11) is 0. The Morgan fingerprint density at radius 1 is 1.19 bits per heavy atom. The second kappa shape index (κ2) is 7.90. The molecule has 0 bridgehead atoms. The molecule has 1 aliphatic rings. The molecule has 1 aromatic heterocycles. The van der Waals surface area contributed by atoms with E-state index in [2.05, 4.69) is 15.5 Å². The van der Waals surface area contributed by atoms with E-state index in [9.17, 15) is 4.79 Å². The van der Waals surface area contributed by atoms with Gasteiger partial charge in [-0.15, -0.1) is 0 Å². The average molecular weight is 383 g/mol. The zero-order chi connectivity index (χ0) is 18.6. The Kier molecular flexibility index (Phi) is 5.18. The fourth-order valence-electron chi connectivity index (χ4n) is 3.11. The predicted octanol–water partition coefficient (Wildman–Crippen LogP) is 3.35. The molecule has 2 aromatic carbocycles. The first-order valence-corrected chi connectivity index (χ1v) is 9.18. The third kappa shape index (κ3) is 4.53. The zero-order valence-electron chi connectivity index (χ0n) is 14.6. The van der Waals surface area contributed by atoms with Gasteiger partial charge in [-0.3, -0.25) is 9.69 Å². The maximum absolute atomic E-state index is 12.1. The number of benzene rings is 2. The van der Waals surface area contributed by atoms with E-state index >= 15 is 0 Å². The summed E-state index contributed by atoms with van der Waals surface area (Å²) in [5, 5.41) is 7.52. The van der Waals surface area contributed by atoms with Crippen molar-refractivity contribution in [1.29, 1.82) is 0 Å². The van der Waals surface area contributed by atoms with Gasteiger partial charge in [0.15, 0.2) is 5.82 Å². The highest BCUT2D eigenvalue weighted by Crippen LogP contribution is 2.26. The smallest absolute Gasteiger partial charge is 0.238 e. The fourth-order valence-corrected chi connectivity index (χ4v) is 3.30. The highest BCUT2D eigenvalue weighted by molar-refractivity contribution is 6.30. The van der Waals surface area contributed by atoms with Crippen molar-refractivity contribution in [1.82, 2.24) is 15.0 Å². The van der Waals surface area contributed by atoms with Crippen LogP contribution in [0.5, 0.6) is 0 Å². The van der Waals surface area contributed by atoms with Crippen LogP contribution < -0.4 is 5.32 Å². The lowest BCUT2D eigenvalue weighted by Crippen LogP contribution is -2.48. The fraction of sp³-hybridized carbons (Fsp3) is 0.250.